The summed E-state index contributed by atoms with van der Waals surface area (Å²) >= 11 is 7.34. The monoisotopic (exact) mass is 425 g/mol. The van der Waals surface area contributed by atoms with Crippen molar-refractivity contribution in [2.45, 2.75) is 47.8 Å². The first kappa shape index (κ1) is 23.6. The molecule has 0 saturated carbocycles. The van der Waals surface area contributed by atoms with E-state index < -0.39 is 5.97 Å². The summed E-state index contributed by atoms with van der Waals surface area (Å²) < 4.78 is 7.99. The number of nitrogens with zero attached hydrogens (tertiary/aromatic N) is 3. The fourth-order valence-electron chi connectivity index (χ4n) is 2.45. The molecule has 0 saturated heterocycles. The van der Waals surface area contributed by atoms with Crippen LogP contribution in [0.2, 0.25) is 5.02 Å². The Kier molecular flexibility index (Phi) is 8.14. The Morgan fingerprint density at radius 1 is 1.32 bits per heavy atom. The van der Waals surface area contributed by atoms with E-state index in [1.165, 1.54) is 4.57 Å². The number of carboxylic acid groups (broad SMARTS) is 1. The first-order valence-electron chi connectivity index (χ1n) is 7.86. The molecule has 3 rings (SSSR count). The van der Waals surface area contributed by atoms with Crippen LogP contribution in [-0.2, 0) is 11.3 Å². The van der Waals surface area contributed by atoms with Crippen molar-refractivity contribution in [1.29, 1.82) is 0 Å². The number of ether oxygens (including phenoxy) is 1. The highest BCUT2D eigenvalue weighted by Gasteiger charge is 2.16. The number of hydrogen-bond donors (Lipinski definition) is 1. The topological polar surface area (TPSA) is 94.3 Å². The lowest BCUT2D eigenvalue weighted by Gasteiger charge is -2.15. The number of rotatable bonds is 6. The van der Waals surface area contributed by atoms with Crippen LogP contribution >= 0.6 is 22.9 Å². The van der Waals surface area contributed by atoms with E-state index in [2.05, 4.69) is 10.2 Å². The van der Waals surface area contributed by atoms with E-state index in [4.69, 9.17) is 21.4 Å². The summed E-state index contributed by atoms with van der Waals surface area (Å²) in [6.45, 7) is 3.78. The van der Waals surface area contributed by atoms with Crippen molar-refractivity contribution in [1.82, 2.24) is 14.8 Å². The van der Waals surface area contributed by atoms with Crippen LogP contribution in [0.3, 0.4) is 0 Å². The van der Waals surface area contributed by atoms with E-state index >= 15 is 0 Å². The molecule has 152 valence electrons. The molecule has 0 aliphatic rings. The SMILES string of the molecule is C.C.Cc1ccc([C@@H](C)Oc2cc3sc(=O)n(CCC(=O)O)c3cc2Cl)nn1. The molecule has 0 aliphatic carbocycles. The van der Waals surface area contributed by atoms with Gasteiger partial charge in [0.25, 0.3) is 0 Å². The Balaban J connectivity index is 0.00000196. The second kappa shape index (κ2) is 9.66. The first-order valence-corrected chi connectivity index (χ1v) is 9.06. The lowest BCUT2D eigenvalue weighted by Crippen LogP contribution is -2.15. The molecule has 0 spiro atoms. The number of carbonyl (C=O) groups is 1. The van der Waals surface area contributed by atoms with E-state index in [9.17, 15) is 9.59 Å². The Hall–Kier alpha value is -2.45. The summed E-state index contributed by atoms with van der Waals surface area (Å²) in [5.41, 5.74) is 2.08. The predicted molar refractivity (Wildman–Crippen MR) is 113 cm³/mol. The molecule has 1 aromatic carbocycles. The molecule has 0 aliphatic heterocycles. The molecule has 0 bridgehead atoms. The third kappa shape index (κ3) is 5.08. The smallest absolute Gasteiger partial charge is 0.308 e. The van der Waals surface area contributed by atoms with Crippen molar-refractivity contribution in [3.05, 3.63) is 50.3 Å². The van der Waals surface area contributed by atoms with Crippen LogP contribution < -0.4 is 9.61 Å². The van der Waals surface area contributed by atoms with E-state index in [1.807, 2.05) is 26.0 Å². The number of carboxylic acids is 1. The third-order valence-corrected chi connectivity index (χ3v) is 5.05. The van der Waals surface area contributed by atoms with Crippen molar-refractivity contribution >= 4 is 39.1 Å². The van der Waals surface area contributed by atoms with Crippen molar-refractivity contribution < 1.29 is 14.6 Å². The van der Waals surface area contributed by atoms with Gasteiger partial charge in [0.15, 0.2) is 0 Å². The molecular formula is C19H24ClN3O4S. The zero-order valence-electron chi connectivity index (χ0n) is 14.1. The lowest BCUT2D eigenvalue weighted by atomic mass is 10.2. The van der Waals surface area contributed by atoms with Crippen molar-refractivity contribution in [3.63, 3.8) is 0 Å². The maximum Gasteiger partial charge on any atom is 0.308 e. The van der Waals surface area contributed by atoms with Crippen molar-refractivity contribution in [2.75, 3.05) is 0 Å². The molecule has 9 heteroatoms. The molecule has 7 nitrogen and oxygen atoms in total. The predicted octanol–water partition coefficient (Wildman–Crippen LogP) is 4.70. The minimum atomic E-state index is -0.963. The van der Waals surface area contributed by atoms with Crippen LogP contribution in [0.5, 0.6) is 5.75 Å². The fraction of sp³-hybridized carbons (Fsp3) is 0.368. The van der Waals surface area contributed by atoms with Gasteiger partial charge in [-0.3, -0.25) is 14.2 Å². The Bertz CT molecular complexity index is 1010. The zero-order chi connectivity index (χ0) is 18.8. The van der Waals surface area contributed by atoms with Gasteiger partial charge in [0.1, 0.15) is 17.5 Å². The van der Waals surface area contributed by atoms with Crippen LogP contribution in [0.15, 0.2) is 29.1 Å². The van der Waals surface area contributed by atoms with E-state index in [1.54, 1.807) is 12.1 Å². The van der Waals surface area contributed by atoms with Gasteiger partial charge in [-0.15, -0.1) is 0 Å². The van der Waals surface area contributed by atoms with Gasteiger partial charge < -0.3 is 9.84 Å². The summed E-state index contributed by atoms with van der Waals surface area (Å²) in [4.78, 5) is 22.7. The normalized spacial score (nSPS) is 11.4. The number of aryl methyl sites for hydroxylation is 2. The lowest BCUT2D eigenvalue weighted by molar-refractivity contribution is -0.137. The van der Waals surface area contributed by atoms with Crippen molar-refractivity contribution in [2.24, 2.45) is 0 Å². The van der Waals surface area contributed by atoms with Gasteiger partial charge in [0.05, 0.1) is 27.4 Å². The number of hydrogen-bond acceptors (Lipinski definition) is 6. The second-order valence-electron chi connectivity index (χ2n) is 5.77. The fourth-order valence-corrected chi connectivity index (χ4v) is 3.58. The molecule has 0 fully saturated rings. The quantitative estimate of drug-likeness (QED) is 0.615. The molecule has 28 heavy (non-hydrogen) atoms. The third-order valence-electron chi connectivity index (χ3n) is 3.81. The van der Waals surface area contributed by atoms with Gasteiger partial charge in [-0.25, -0.2) is 0 Å². The maximum absolute atomic E-state index is 12.1. The van der Waals surface area contributed by atoms with Crippen molar-refractivity contribution in [3.8, 4) is 5.75 Å². The molecule has 0 unspecified atom stereocenters. The molecule has 2 heterocycles. The average molecular weight is 426 g/mol. The summed E-state index contributed by atoms with van der Waals surface area (Å²) in [7, 11) is 0. The molecule has 2 aromatic heterocycles. The maximum atomic E-state index is 12.1. The minimum absolute atomic E-state index is 0. The zero-order valence-corrected chi connectivity index (χ0v) is 15.7. The number of aromatic nitrogens is 3. The van der Waals surface area contributed by atoms with Gasteiger partial charge >= 0.3 is 10.8 Å². The van der Waals surface area contributed by atoms with Crippen LogP contribution in [0, 0.1) is 6.92 Å². The highest BCUT2D eigenvalue weighted by molar-refractivity contribution is 7.16. The van der Waals surface area contributed by atoms with Crippen LogP contribution in [0.1, 0.15) is 45.7 Å². The standard InChI is InChI=1S/C17H16ClN3O4S.2CH4/c1-9-3-4-12(20-19-9)10(2)25-14-8-15-13(7-11(14)18)21(17(24)26-15)6-5-16(22)23;;/h3-4,7-8,10H,5-6H2,1-2H3,(H,22,23);2*1H4/t10-;;/m1../s1. The Labute approximate surface area is 172 Å². The summed E-state index contributed by atoms with van der Waals surface area (Å²) in [6.07, 6.45) is -0.506. The molecule has 1 atom stereocenters. The Morgan fingerprint density at radius 3 is 2.64 bits per heavy atom. The van der Waals surface area contributed by atoms with Gasteiger partial charge in [0, 0.05) is 12.6 Å². The van der Waals surface area contributed by atoms with Crippen LogP contribution in [0.25, 0.3) is 10.2 Å². The van der Waals surface area contributed by atoms with Gasteiger partial charge in [-0.1, -0.05) is 37.8 Å². The number of benzene rings is 1. The molecule has 1 N–H and O–H groups in total. The molecule has 3 aromatic rings. The van der Waals surface area contributed by atoms with E-state index in [-0.39, 0.29) is 38.8 Å². The second-order valence-corrected chi connectivity index (χ2v) is 7.17. The first-order chi connectivity index (χ1) is 12.3. The van der Waals surface area contributed by atoms with Gasteiger partial charge in [0.2, 0.25) is 0 Å². The summed E-state index contributed by atoms with van der Waals surface area (Å²) in [5.74, 6) is -0.531. The molecule has 0 radical (unpaired) electrons. The summed E-state index contributed by atoms with van der Waals surface area (Å²) in [5, 5.41) is 17.3. The highest BCUT2D eigenvalue weighted by Crippen LogP contribution is 2.34. The number of fused-ring (bicyclic) bond motifs is 1. The van der Waals surface area contributed by atoms with Crippen LogP contribution in [-0.4, -0.2) is 25.8 Å². The largest absolute Gasteiger partial charge is 0.483 e. The van der Waals surface area contributed by atoms with Gasteiger partial charge in [-0.2, -0.15) is 10.2 Å². The average Bonchev–Trinajstić information content (AvgIpc) is 2.88. The van der Waals surface area contributed by atoms with Gasteiger partial charge in [-0.05, 0) is 32.0 Å². The number of halogens is 1. The molecule has 0 amide bonds. The Morgan fingerprint density at radius 2 is 2.04 bits per heavy atom. The van der Waals surface area contributed by atoms with E-state index in [0.717, 1.165) is 17.0 Å². The number of thiazole rings is 1. The van der Waals surface area contributed by atoms with Crippen LogP contribution in [0.4, 0.5) is 0 Å². The summed E-state index contributed by atoms with van der Waals surface area (Å²) in [6, 6.07) is 7.00. The highest BCUT2D eigenvalue weighted by atomic mass is 35.5. The molecular weight excluding hydrogens is 402 g/mol. The van der Waals surface area contributed by atoms with E-state index in [0.29, 0.717) is 26.7 Å². The minimum Gasteiger partial charge on any atom is -0.483 e. The number of aliphatic carboxylic acids is 1.